The Bertz CT molecular complexity index is 321. The van der Waals surface area contributed by atoms with Gasteiger partial charge in [0.05, 0.1) is 10.0 Å². The van der Waals surface area contributed by atoms with Crippen molar-refractivity contribution >= 4 is 23.2 Å². The quantitative estimate of drug-likeness (QED) is 0.544. The van der Waals surface area contributed by atoms with E-state index in [-0.39, 0.29) is 0 Å². The molecule has 0 aliphatic rings. The van der Waals surface area contributed by atoms with Crippen LogP contribution in [0.3, 0.4) is 0 Å². The van der Waals surface area contributed by atoms with Gasteiger partial charge in [-0.25, -0.2) is 0 Å². The average molecular weight is 259 g/mol. The Labute approximate surface area is 109 Å². The van der Waals surface area contributed by atoms with Gasteiger partial charge in [-0.15, -0.1) is 0 Å². The molecule has 90 valence electrons. The summed E-state index contributed by atoms with van der Waals surface area (Å²) >= 11 is 12.2. The van der Waals surface area contributed by atoms with Crippen LogP contribution in [-0.2, 0) is 0 Å². The van der Waals surface area contributed by atoms with Crippen LogP contribution in [0, 0.1) is 0 Å². The zero-order valence-corrected chi connectivity index (χ0v) is 11.6. The Morgan fingerprint density at radius 1 is 1.12 bits per heavy atom. The zero-order valence-electron chi connectivity index (χ0n) is 10.1. The molecule has 0 aliphatic carbocycles. The highest BCUT2D eigenvalue weighted by atomic mass is 35.5. The third-order valence-electron chi connectivity index (χ3n) is 3.00. The highest BCUT2D eigenvalue weighted by Gasteiger charge is 2.11. The molecule has 0 spiro atoms. The minimum absolute atomic E-state index is 0.503. The minimum Gasteiger partial charge on any atom is -0.0827 e. The molecule has 0 N–H and O–H groups in total. The first-order valence-corrected chi connectivity index (χ1v) is 6.86. The Morgan fingerprint density at radius 2 is 1.88 bits per heavy atom. The van der Waals surface area contributed by atoms with Gasteiger partial charge in [-0.1, -0.05) is 74.9 Å². The first kappa shape index (κ1) is 13.9. The van der Waals surface area contributed by atoms with Crippen molar-refractivity contribution in [3.8, 4) is 0 Å². The molecule has 0 saturated carbocycles. The maximum atomic E-state index is 6.20. The predicted octanol–water partition coefficient (Wildman–Crippen LogP) is 6.07. The monoisotopic (exact) mass is 258 g/mol. The van der Waals surface area contributed by atoms with Gasteiger partial charge in [-0.2, -0.15) is 0 Å². The van der Waals surface area contributed by atoms with Crippen molar-refractivity contribution in [1.82, 2.24) is 0 Å². The molecule has 0 bridgehead atoms. The van der Waals surface area contributed by atoms with Crippen molar-refractivity contribution in [1.29, 1.82) is 0 Å². The molecule has 1 rings (SSSR count). The standard InChI is InChI=1S/C14H20Cl2/c1-3-4-5-6-8-11(2)12-9-7-10-13(15)14(12)16/h7,9-11H,3-6,8H2,1-2H3. The van der Waals surface area contributed by atoms with Crippen molar-refractivity contribution < 1.29 is 0 Å². The minimum atomic E-state index is 0.503. The predicted molar refractivity (Wildman–Crippen MR) is 73.6 cm³/mol. The number of benzene rings is 1. The lowest BCUT2D eigenvalue weighted by molar-refractivity contribution is 0.580. The number of halogens is 2. The van der Waals surface area contributed by atoms with E-state index in [1.807, 2.05) is 12.1 Å². The fourth-order valence-corrected chi connectivity index (χ4v) is 2.43. The lowest BCUT2D eigenvalue weighted by atomic mass is 9.95. The van der Waals surface area contributed by atoms with Gasteiger partial charge in [0.1, 0.15) is 0 Å². The van der Waals surface area contributed by atoms with E-state index in [9.17, 15) is 0 Å². The number of hydrogen-bond acceptors (Lipinski definition) is 0. The van der Waals surface area contributed by atoms with E-state index < -0.39 is 0 Å². The molecule has 0 heterocycles. The van der Waals surface area contributed by atoms with Crippen molar-refractivity contribution in [3.63, 3.8) is 0 Å². The normalized spacial score (nSPS) is 12.8. The van der Waals surface area contributed by atoms with E-state index in [1.54, 1.807) is 0 Å². The van der Waals surface area contributed by atoms with Crippen molar-refractivity contribution in [3.05, 3.63) is 33.8 Å². The molecule has 0 aromatic heterocycles. The maximum absolute atomic E-state index is 6.20. The second-order valence-corrected chi connectivity index (χ2v) is 5.18. The highest BCUT2D eigenvalue weighted by molar-refractivity contribution is 6.42. The Kier molecular flexibility index (Phi) is 6.23. The molecule has 0 nitrogen and oxygen atoms in total. The topological polar surface area (TPSA) is 0 Å². The summed E-state index contributed by atoms with van der Waals surface area (Å²) < 4.78 is 0. The van der Waals surface area contributed by atoms with Gasteiger partial charge >= 0.3 is 0 Å². The van der Waals surface area contributed by atoms with Crippen LogP contribution in [0.1, 0.15) is 57.4 Å². The average Bonchev–Trinajstić information content (AvgIpc) is 2.28. The van der Waals surface area contributed by atoms with Gasteiger partial charge in [-0.05, 0) is 24.0 Å². The molecule has 0 radical (unpaired) electrons. The van der Waals surface area contributed by atoms with E-state index in [0.717, 1.165) is 5.02 Å². The molecule has 1 atom stereocenters. The van der Waals surface area contributed by atoms with Gasteiger partial charge in [0.15, 0.2) is 0 Å². The van der Waals surface area contributed by atoms with Crippen molar-refractivity contribution in [2.45, 2.75) is 51.9 Å². The zero-order chi connectivity index (χ0) is 12.0. The molecule has 16 heavy (non-hydrogen) atoms. The number of unbranched alkanes of at least 4 members (excludes halogenated alkanes) is 3. The maximum Gasteiger partial charge on any atom is 0.0626 e. The Hall–Kier alpha value is -0.200. The molecule has 1 unspecified atom stereocenters. The van der Waals surface area contributed by atoms with E-state index in [1.165, 1.54) is 37.7 Å². The van der Waals surface area contributed by atoms with Crippen LogP contribution in [0.5, 0.6) is 0 Å². The lowest BCUT2D eigenvalue weighted by Gasteiger charge is -2.14. The molecule has 0 amide bonds. The fraction of sp³-hybridized carbons (Fsp3) is 0.571. The van der Waals surface area contributed by atoms with E-state index in [2.05, 4.69) is 19.9 Å². The lowest BCUT2D eigenvalue weighted by Crippen LogP contribution is -1.95. The molecular weight excluding hydrogens is 239 g/mol. The summed E-state index contributed by atoms with van der Waals surface area (Å²) in [6.45, 7) is 4.46. The van der Waals surface area contributed by atoms with E-state index in [4.69, 9.17) is 23.2 Å². The first-order chi connectivity index (χ1) is 7.66. The van der Waals surface area contributed by atoms with Gasteiger partial charge in [0, 0.05) is 0 Å². The molecule has 0 saturated heterocycles. The molecule has 1 aromatic carbocycles. The third kappa shape index (κ3) is 3.99. The smallest absolute Gasteiger partial charge is 0.0626 e. The summed E-state index contributed by atoms with van der Waals surface area (Å²) in [5.74, 6) is 0.503. The van der Waals surface area contributed by atoms with Gasteiger partial charge in [-0.3, -0.25) is 0 Å². The van der Waals surface area contributed by atoms with Crippen molar-refractivity contribution in [2.75, 3.05) is 0 Å². The summed E-state index contributed by atoms with van der Waals surface area (Å²) in [6.07, 6.45) is 6.40. The van der Waals surface area contributed by atoms with Gasteiger partial charge in [0.25, 0.3) is 0 Å². The van der Waals surface area contributed by atoms with E-state index in [0.29, 0.717) is 10.9 Å². The molecular formula is C14H20Cl2. The van der Waals surface area contributed by atoms with Gasteiger partial charge < -0.3 is 0 Å². The Morgan fingerprint density at radius 3 is 2.56 bits per heavy atom. The van der Waals surface area contributed by atoms with Gasteiger partial charge in [0.2, 0.25) is 0 Å². The summed E-state index contributed by atoms with van der Waals surface area (Å²) in [7, 11) is 0. The summed E-state index contributed by atoms with van der Waals surface area (Å²) in [5, 5.41) is 1.40. The molecule has 0 fully saturated rings. The molecule has 2 heteroatoms. The third-order valence-corrected chi connectivity index (χ3v) is 3.84. The number of hydrogen-bond donors (Lipinski definition) is 0. The van der Waals surface area contributed by atoms with Crippen molar-refractivity contribution in [2.24, 2.45) is 0 Å². The van der Waals surface area contributed by atoms with Crippen LogP contribution in [-0.4, -0.2) is 0 Å². The SMILES string of the molecule is CCCCCCC(C)c1cccc(Cl)c1Cl. The van der Waals surface area contributed by atoms with Crippen LogP contribution >= 0.6 is 23.2 Å². The largest absolute Gasteiger partial charge is 0.0827 e. The van der Waals surface area contributed by atoms with Crippen LogP contribution in [0.4, 0.5) is 0 Å². The first-order valence-electron chi connectivity index (χ1n) is 6.10. The summed E-state index contributed by atoms with van der Waals surface area (Å²) in [4.78, 5) is 0. The van der Waals surface area contributed by atoms with Crippen LogP contribution in [0.2, 0.25) is 10.0 Å². The molecule has 0 aliphatic heterocycles. The van der Waals surface area contributed by atoms with Crippen LogP contribution < -0.4 is 0 Å². The number of rotatable bonds is 6. The van der Waals surface area contributed by atoms with Crippen LogP contribution in [0.25, 0.3) is 0 Å². The Balaban J connectivity index is 2.52. The summed E-state index contributed by atoms with van der Waals surface area (Å²) in [5.41, 5.74) is 1.19. The molecule has 1 aromatic rings. The second kappa shape index (κ2) is 7.19. The van der Waals surface area contributed by atoms with E-state index >= 15 is 0 Å². The fourth-order valence-electron chi connectivity index (χ4n) is 1.93. The van der Waals surface area contributed by atoms with Crippen LogP contribution in [0.15, 0.2) is 18.2 Å². The summed E-state index contributed by atoms with van der Waals surface area (Å²) in [6, 6.07) is 5.90. The second-order valence-electron chi connectivity index (χ2n) is 4.39. The highest BCUT2D eigenvalue weighted by Crippen LogP contribution is 2.33.